The van der Waals surface area contributed by atoms with Crippen LogP contribution in [0.5, 0.6) is 0 Å². The summed E-state index contributed by atoms with van der Waals surface area (Å²) in [5.41, 5.74) is 3.46. The van der Waals surface area contributed by atoms with E-state index in [1.165, 1.54) is 6.07 Å². The van der Waals surface area contributed by atoms with Crippen LogP contribution in [0.15, 0.2) is 18.2 Å². The first-order valence-electron chi connectivity index (χ1n) is 2.97. The number of nitrogens with one attached hydrogen (secondary N) is 1. The molecule has 0 saturated heterocycles. The highest BCUT2D eigenvalue weighted by Gasteiger charge is 2.00. The van der Waals surface area contributed by atoms with Gasteiger partial charge in [-0.2, -0.15) is 0 Å². The Bertz CT molecular complexity index is 220. The Morgan fingerprint density at radius 2 is 2.09 bits per heavy atom. The Labute approximate surface area is 71.0 Å². The highest BCUT2D eigenvalue weighted by molar-refractivity contribution is 5.85. The molecule has 0 aliphatic rings. The second kappa shape index (κ2) is 4.16. The van der Waals surface area contributed by atoms with E-state index in [9.17, 15) is 4.39 Å². The van der Waals surface area contributed by atoms with Crippen molar-refractivity contribution in [2.45, 2.75) is 6.92 Å². The van der Waals surface area contributed by atoms with Crippen molar-refractivity contribution >= 4 is 18.1 Å². The molecule has 3 N–H and O–H groups in total. The maximum atomic E-state index is 12.7. The zero-order chi connectivity index (χ0) is 7.56. The monoisotopic (exact) mass is 176 g/mol. The van der Waals surface area contributed by atoms with E-state index in [0.29, 0.717) is 5.69 Å². The van der Waals surface area contributed by atoms with Gasteiger partial charge in [-0.3, -0.25) is 5.84 Å². The largest absolute Gasteiger partial charge is 0.321 e. The average Bonchev–Trinajstić information content (AvgIpc) is 1.88. The van der Waals surface area contributed by atoms with E-state index in [1.54, 1.807) is 19.1 Å². The van der Waals surface area contributed by atoms with E-state index in [2.05, 4.69) is 5.43 Å². The van der Waals surface area contributed by atoms with Crippen LogP contribution in [0.4, 0.5) is 10.1 Å². The lowest BCUT2D eigenvalue weighted by atomic mass is 10.2. The van der Waals surface area contributed by atoms with Gasteiger partial charge in [-0.05, 0) is 18.6 Å². The molecule has 62 valence electrons. The third kappa shape index (κ3) is 2.06. The number of nitrogens with two attached hydrogens (primary N) is 1. The molecule has 4 heteroatoms. The van der Waals surface area contributed by atoms with Gasteiger partial charge in [0.2, 0.25) is 0 Å². The smallest absolute Gasteiger partial charge is 0.147 e. The van der Waals surface area contributed by atoms with Crippen molar-refractivity contribution in [2.24, 2.45) is 5.84 Å². The number of hydrazine groups is 1. The van der Waals surface area contributed by atoms with Gasteiger partial charge in [0, 0.05) is 0 Å². The number of benzene rings is 1. The minimum Gasteiger partial charge on any atom is -0.321 e. The van der Waals surface area contributed by atoms with Crippen LogP contribution in [0, 0.1) is 12.7 Å². The van der Waals surface area contributed by atoms with Gasteiger partial charge in [0.05, 0.1) is 5.69 Å². The molecule has 1 rings (SSSR count). The predicted molar refractivity (Wildman–Crippen MR) is 46.2 cm³/mol. The third-order valence-corrected chi connectivity index (χ3v) is 1.37. The van der Waals surface area contributed by atoms with E-state index in [-0.39, 0.29) is 18.2 Å². The van der Waals surface area contributed by atoms with Gasteiger partial charge in [-0.1, -0.05) is 12.1 Å². The van der Waals surface area contributed by atoms with Gasteiger partial charge in [0.25, 0.3) is 0 Å². The molecule has 0 radical (unpaired) electrons. The zero-order valence-electron chi connectivity index (χ0n) is 6.10. The van der Waals surface area contributed by atoms with Crippen LogP contribution in [0.2, 0.25) is 0 Å². The topological polar surface area (TPSA) is 38.0 Å². The quantitative estimate of drug-likeness (QED) is 0.506. The van der Waals surface area contributed by atoms with Crippen LogP contribution in [0.25, 0.3) is 0 Å². The Morgan fingerprint density at radius 3 is 2.45 bits per heavy atom. The first-order chi connectivity index (χ1) is 4.75. The Balaban J connectivity index is 0.000001000. The van der Waals surface area contributed by atoms with Crippen molar-refractivity contribution in [3.8, 4) is 0 Å². The standard InChI is InChI=1S/C7H9FN2.ClH/c1-5-3-2-4-6(8)7(5)10-9;/h2-4,10H,9H2,1H3;1H. The van der Waals surface area contributed by atoms with Crippen molar-refractivity contribution in [1.29, 1.82) is 0 Å². The molecule has 0 fully saturated rings. The normalized spacial score (nSPS) is 8.64. The number of hydrogen-bond acceptors (Lipinski definition) is 2. The molecule has 0 amide bonds. The van der Waals surface area contributed by atoms with Crippen LogP contribution in [0.3, 0.4) is 0 Å². The van der Waals surface area contributed by atoms with Crippen LogP contribution < -0.4 is 11.3 Å². The van der Waals surface area contributed by atoms with Gasteiger partial charge in [0.15, 0.2) is 0 Å². The summed E-state index contributed by atoms with van der Waals surface area (Å²) in [6.45, 7) is 1.79. The number of nitrogen functional groups attached to an aromatic ring is 1. The maximum Gasteiger partial charge on any atom is 0.147 e. The van der Waals surface area contributed by atoms with Gasteiger partial charge in [0.1, 0.15) is 5.82 Å². The fourth-order valence-corrected chi connectivity index (χ4v) is 0.815. The summed E-state index contributed by atoms with van der Waals surface area (Å²) < 4.78 is 12.7. The molecule has 1 aromatic carbocycles. The summed E-state index contributed by atoms with van der Waals surface area (Å²) in [7, 11) is 0. The first-order valence-corrected chi connectivity index (χ1v) is 2.97. The molecule has 0 saturated carbocycles. The van der Waals surface area contributed by atoms with E-state index in [1.807, 2.05) is 0 Å². The van der Waals surface area contributed by atoms with Gasteiger partial charge < -0.3 is 5.43 Å². The number of aryl methyl sites for hydroxylation is 1. The molecule has 0 aliphatic heterocycles. The number of rotatable bonds is 1. The molecule has 0 atom stereocenters. The molecule has 1 aromatic rings. The Hall–Kier alpha value is -0.800. The fourth-order valence-electron chi connectivity index (χ4n) is 0.815. The molecule has 0 bridgehead atoms. The summed E-state index contributed by atoms with van der Waals surface area (Å²) in [6.07, 6.45) is 0. The molecule has 0 spiro atoms. The predicted octanol–water partition coefficient (Wildman–Crippen LogP) is 1.84. The van der Waals surface area contributed by atoms with Gasteiger partial charge >= 0.3 is 0 Å². The number of para-hydroxylation sites is 1. The van der Waals surface area contributed by atoms with Crippen LogP contribution in [0.1, 0.15) is 5.56 Å². The molecular formula is C7H10ClFN2. The van der Waals surface area contributed by atoms with E-state index in [4.69, 9.17) is 5.84 Å². The molecule has 0 unspecified atom stereocenters. The summed E-state index contributed by atoms with van der Waals surface area (Å²) in [5.74, 6) is 4.74. The zero-order valence-corrected chi connectivity index (χ0v) is 6.91. The SMILES string of the molecule is Cc1cccc(F)c1NN.Cl. The van der Waals surface area contributed by atoms with Crippen molar-refractivity contribution in [3.63, 3.8) is 0 Å². The van der Waals surface area contributed by atoms with Crippen molar-refractivity contribution in [2.75, 3.05) is 5.43 Å². The highest BCUT2D eigenvalue weighted by atomic mass is 35.5. The molecule has 0 aromatic heterocycles. The van der Waals surface area contributed by atoms with Crippen LogP contribution >= 0.6 is 12.4 Å². The minimum atomic E-state index is -0.317. The molecule has 0 heterocycles. The van der Waals surface area contributed by atoms with E-state index in [0.717, 1.165) is 5.56 Å². The summed E-state index contributed by atoms with van der Waals surface area (Å²) in [5, 5.41) is 0. The van der Waals surface area contributed by atoms with Gasteiger partial charge in [-0.15, -0.1) is 12.4 Å². The minimum absolute atomic E-state index is 0. The number of anilines is 1. The summed E-state index contributed by atoms with van der Waals surface area (Å²) in [4.78, 5) is 0. The van der Waals surface area contributed by atoms with Crippen molar-refractivity contribution in [3.05, 3.63) is 29.6 Å². The van der Waals surface area contributed by atoms with E-state index < -0.39 is 0 Å². The fraction of sp³-hybridized carbons (Fsp3) is 0.143. The summed E-state index contributed by atoms with van der Waals surface area (Å²) in [6, 6.07) is 4.80. The summed E-state index contributed by atoms with van der Waals surface area (Å²) >= 11 is 0. The Morgan fingerprint density at radius 1 is 1.45 bits per heavy atom. The highest BCUT2D eigenvalue weighted by Crippen LogP contribution is 2.16. The second-order valence-corrected chi connectivity index (χ2v) is 2.08. The lowest BCUT2D eigenvalue weighted by molar-refractivity contribution is 0.629. The molecule has 2 nitrogen and oxygen atoms in total. The number of halogens is 2. The third-order valence-electron chi connectivity index (χ3n) is 1.37. The van der Waals surface area contributed by atoms with Crippen LogP contribution in [-0.2, 0) is 0 Å². The second-order valence-electron chi connectivity index (χ2n) is 2.08. The average molecular weight is 177 g/mol. The lowest BCUT2D eigenvalue weighted by Gasteiger charge is -2.03. The molecular weight excluding hydrogens is 167 g/mol. The lowest BCUT2D eigenvalue weighted by Crippen LogP contribution is -2.09. The van der Waals surface area contributed by atoms with Crippen molar-refractivity contribution in [1.82, 2.24) is 0 Å². The molecule has 0 aliphatic carbocycles. The number of hydrogen-bond donors (Lipinski definition) is 2. The Kier molecular flexibility index (Phi) is 3.85. The maximum absolute atomic E-state index is 12.7. The molecule has 11 heavy (non-hydrogen) atoms. The van der Waals surface area contributed by atoms with Gasteiger partial charge in [-0.25, -0.2) is 4.39 Å². The van der Waals surface area contributed by atoms with E-state index >= 15 is 0 Å². The van der Waals surface area contributed by atoms with Crippen molar-refractivity contribution < 1.29 is 4.39 Å². The first kappa shape index (κ1) is 10.2. The van der Waals surface area contributed by atoms with Crippen LogP contribution in [-0.4, -0.2) is 0 Å².